The Balaban J connectivity index is 3.04. The van der Waals surface area contributed by atoms with Crippen LogP contribution in [0.25, 0.3) is 0 Å². The van der Waals surface area contributed by atoms with E-state index >= 15 is 0 Å². The highest BCUT2D eigenvalue weighted by Crippen LogP contribution is 2.32. The van der Waals surface area contributed by atoms with Gasteiger partial charge in [0.15, 0.2) is 0 Å². The number of methoxy groups -OCH3 is 1. The molecule has 0 unspecified atom stereocenters. The fraction of sp³-hybridized carbons (Fsp3) is 0.667. The predicted octanol–water partition coefficient (Wildman–Crippen LogP) is 3.11. The number of sulfonamides is 1. The summed E-state index contributed by atoms with van der Waals surface area (Å²) in [6, 6.07) is 1.71. The molecule has 0 atom stereocenters. The zero-order valence-corrected chi connectivity index (χ0v) is 14.9. The van der Waals surface area contributed by atoms with Crippen LogP contribution in [-0.2, 0) is 14.8 Å². The SMILES string of the molecule is COCCN(CC(C)C)S(=O)(=O)c1cc(C)c(Br)s1. The molecule has 0 spiro atoms. The van der Waals surface area contributed by atoms with Crippen molar-refractivity contribution in [3.8, 4) is 0 Å². The van der Waals surface area contributed by atoms with Crippen LogP contribution in [0.4, 0.5) is 0 Å². The zero-order valence-electron chi connectivity index (χ0n) is 11.6. The van der Waals surface area contributed by atoms with Crippen molar-refractivity contribution in [2.45, 2.75) is 25.0 Å². The lowest BCUT2D eigenvalue weighted by atomic mass is 10.2. The van der Waals surface area contributed by atoms with E-state index in [0.717, 1.165) is 9.35 Å². The molecule has 1 heterocycles. The number of hydrogen-bond donors (Lipinski definition) is 0. The van der Waals surface area contributed by atoms with Gasteiger partial charge in [-0.15, -0.1) is 11.3 Å². The smallest absolute Gasteiger partial charge is 0.252 e. The molecule has 0 aliphatic carbocycles. The van der Waals surface area contributed by atoms with Gasteiger partial charge in [-0.2, -0.15) is 4.31 Å². The fourth-order valence-electron chi connectivity index (χ4n) is 1.60. The Kier molecular flexibility index (Phi) is 6.46. The van der Waals surface area contributed by atoms with Crippen LogP contribution in [0.15, 0.2) is 14.1 Å². The van der Waals surface area contributed by atoms with Crippen LogP contribution < -0.4 is 0 Å². The summed E-state index contributed by atoms with van der Waals surface area (Å²) >= 11 is 4.63. The maximum Gasteiger partial charge on any atom is 0.252 e. The number of aryl methyl sites for hydroxylation is 1. The maximum absolute atomic E-state index is 12.6. The molecule has 0 saturated carbocycles. The van der Waals surface area contributed by atoms with Gasteiger partial charge in [-0.05, 0) is 40.4 Å². The summed E-state index contributed by atoms with van der Waals surface area (Å²) in [7, 11) is -1.85. The molecule has 7 heteroatoms. The van der Waals surface area contributed by atoms with Crippen LogP contribution in [0.5, 0.6) is 0 Å². The van der Waals surface area contributed by atoms with Crippen LogP contribution in [0.2, 0.25) is 0 Å². The Labute approximate surface area is 127 Å². The van der Waals surface area contributed by atoms with Gasteiger partial charge in [0.1, 0.15) is 4.21 Å². The van der Waals surface area contributed by atoms with Gasteiger partial charge in [-0.3, -0.25) is 0 Å². The molecule has 0 aliphatic heterocycles. The number of thiophene rings is 1. The Morgan fingerprint density at radius 1 is 1.47 bits per heavy atom. The highest BCUT2D eigenvalue weighted by molar-refractivity contribution is 9.11. The predicted molar refractivity (Wildman–Crippen MR) is 82.2 cm³/mol. The third-order valence-corrected chi connectivity index (χ3v) is 6.99. The first-order valence-electron chi connectivity index (χ1n) is 6.04. The van der Waals surface area contributed by atoms with Crippen molar-refractivity contribution in [2.75, 3.05) is 26.8 Å². The third-order valence-electron chi connectivity index (χ3n) is 2.54. The first-order chi connectivity index (χ1) is 8.78. The number of hydrogen-bond acceptors (Lipinski definition) is 4. The molecule has 0 amide bonds. The second-order valence-electron chi connectivity index (χ2n) is 4.77. The van der Waals surface area contributed by atoms with Crippen molar-refractivity contribution >= 4 is 37.3 Å². The quantitative estimate of drug-likeness (QED) is 0.741. The minimum Gasteiger partial charge on any atom is -0.383 e. The van der Waals surface area contributed by atoms with Crippen molar-refractivity contribution in [1.29, 1.82) is 0 Å². The van der Waals surface area contributed by atoms with Crippen molar-refractivity contribution in [2.24, 2.45) is 5.92 Å². The number of nitrogens with zero attached hydrogens (tertiary/aromatic N) is 1. The van der Waals surface area contributed by atoms with Crippen molar-refractivity contribution in [3.63, 3.8) is 0 Å². The Bertz CT molecular complexity index is 492. The van der Waals surface area contributed by atoms with Gasteiger partial charge >= 0.3 is 0 Å². The molecule has 1 aromatic heterocycles. The average molecular weight is 370 g/mol. The topological polar surface area (TPSA) is 46.6 Å². The molecule has 19 heavy (non-hydrogen) atoms. The molecular weight excluding hydrogens is 350 g/mol. The fourth-order valence-corrected chi connectivity index (χ4v) is 5.56. The number of halogens is 1. The van der Waals surface area contributed by atoms with Gasteiger partial charge < -0.3 is 4.74 Å². The number of rotatable bonds is 7. The van der Waals surface area contributed by atoms with Gasteiger partial charge in [0.05, 0.1) is 10.4 Å². The summed E-state index contributed by atoms with van der Waals surface area (Å²) in [6.07, 6.45) is 0. The van der Waals surface area contributed by atoms with Gasteiger partial charge in [0.2, 0.25) is 0 Å². The summed E-state index contributed by atoms with van der Waals surface area (Å²) in [5.41, 5.74) is 0.944. The molecule has 0 fully saturated rings. The molecule has 110 valence electrons. The van der Waals surface area contributed by atoms with E-state index in [-0.39, 0.29) is 5.92 Å². The van der Waals surface area contributed by atoms with E-state index in [9.17, 15) is 8.42 Å². The van der Waals surface area contributed by atoms with Gasteiger partial charge in [0, 0.05) is 20.2 Å². The molecular formula is C12H20BrNO3S2. The first-order valence-corrected chi connectivity index (χ1v) is 9.09. The lowest BCUT2D eigenvalue weighted by molar-refractivity contribution is 0.175. The van der Waals surface area contributed by atoms with E-state index in [1.807, 2.05) is 20.8 Å². The lowest BCUT2D eigenvalue weighted by Crippen LogP contribution is -2.36. The number of ether oxygens (including phenoxy) is 1. The molecule has 0 aromatic carbocycles. The van der Waals surface area contributed by atoms with E-state index in [1.54, 1.807) is 13.2 Å². The highest BCUT2D eigenvalue weighted by Gasteiger charge is 2.27. The molecule has 1 aromatic rings. The minimum atomic E-state index is -3.43. The summed E-state index contributed by atoms with van der Waals surface area (Å²) in [6.45, 7) is 7.18. The Morgan fingerprint density at radius 3 is 2.53 bits per heavy atom. The largest absolute Gasteiger partial charge is 0.383 e. The lowest BCUT2D eigenvalue weighted by Gasteiger charge is -2.22. The van der Waals surface area contributed by atoms with Gasteiger partial charge in [-0.1, -0.05) is 13.8 Å². The third kappa shape index (κ3) is 4.53. The standard InChI is InChI=1S/C12H20BrNO3S2/c1-9(2)8-14(5-6-17-4)19(15,16)11-7-10(3)12(13)18-11/h7,9H,5-6,8H2,1-4H3. The van der Waals surface area contributed by atoms with Gasteiger partial charge in [-0.25, -0.2) is 8.42 Å². The first kappa shape index (κ1) is 17.1. The van der Waals surface area contributed by atoms with Gasteiger partial charge in [0.25, 0.3) is 10.0 Å². The summed E-state index contributed by atoms with van der Waals surface area (Å²) < 4.78 is 32.9. The summed E-state index contributed by atoms with van der Waals surface area (Å²) in [5, 5.41) is 0. The zero-order chi connectivity index (χ0) is 14.6. The van der Waals surface area contributed by atoms with Crippen LogP contribution in [0.3, 0.4) is 0 Å². The molecule has 0 bridgehead atoms. The van der Waals surface area contributed by atoms with Crippen molar-refractivity contribution in [1.82, 2.24) is 4.31 Å². The second-order valence-corrected chi connectivity index (χ2v) is 9.31. The molecule has 0 N–H and O–H groups in total. The monoisotopic (exact) mass is 369 g/mol. The normalized spacial score (nSPS) is 12.6. The molecule has 1 rings (SSSR count). The summed E-state index contributed by atoms with van der Waals surface area (Å²) in [5.74, 6) is 0.274. The Hall–Kier alpha value is 0.0500. The van der Waals surface area contributed by atoms with Crippen LogP contribution in [0.1, 0.15) is 19.4 Å². The van der Waals surface area contributed by atoms with E-state index in [2.05, 4.69) is 15.9 Å². The molecule has 0 saturated heterocycles. The van der Waals surface area contributed by atoms with E-state index in [0.29, 0.717) is 23.9 Å². The van der Waals surface area contributed by atoms with Crippen LogP contribution >= 0.6 is 27.3 Å². The molecule has 4 nitrogen and oxygen atoms in total. The van der Waals surface area contributed by atoms with Crippen LogP contribution in [-0.4, -0.2) is 39.5 Å². The van der Waals surface area contributed by atoms with Crippen molar-refractivity contribution < 1.29 is 13.2 Å². The average Bonchev–Trinajstić information content (AvgIpc) is 2.65. The molecule has 0 radical (unpaired) electrons. The second kappa shape index (κ2) is 7.17. The van der Waals surface area contributed by atoms with E-state index in [1.165, 1.54) is 15.6 Å². The van der Waals surface area contributed by atoms with Crippen LogP contribution in [0, 0.1) is 12.8 Å². The van der Waals surface area contributed by atoms with E-state index < -0.39 is 10.0 Å². The Morgan fingerprint density at radius 2 is 2.11 bits per heavy atom. The molecule has 0 aliphatic rings. The highest BCUT2D eigenvalue weighted by atomic mass is 79.9. The minimum absolute atomic E-state index is 0.274. The van der Waals surface area contributed by atoms with E-state index in [4.69, 9.17) is 4.74 Å². The summed E-state index contributed by atoms with van der Waals surface area (Å²) in [4.78, 5) is 0. The van der Waals surface area contributed by atoms with Crippen molar-refractivity contribution in [3.05, 3.63) is 15.4 Å². The maximum atomic E-state index is 12.6.